The fraction of sp³-hybridized carbons (Fsp3) is 1.00. The van der Waals surface area contributed by atoms with Gasteiger partial charge >= 0.3 is 0 Å². The van der Waals surface area contributed by atoms with Crippen LogP contribution in [0, 0.1) is 0 Å². The Hall–Kier alpha value is -0.200. The van der Waals surface area contributed by atoms with Crippen LogP contribution >= 0.6 is 0 Å². The Morgan fingerprint density at radius 1 is 1.40 bits per heavy atom. The topological polar surface area (TPSA) is 68.2 Å². The second kappa shape index (κ2) is 3.99. The molecule has 2 aliphatic heterocycles. The molecule has 0 amide bonds. The van der Waals surface area contributed by atoms with Crippen LogP contribution in [0.5, 0.6) is 0 Å². The third-order valence-corrected chi connectivity index (χ3v) is 2.71. The van der Waals surface area contributed by atoms with Gasteiger partial charge in [-0.1, -0.05) is 0 Å². The number of hydrogen-bond acceptors (Lipinski definition) is 5. The van der Waals surface area contributed by atoms with Crippen molar-refractivity contribution in [1.29, 1.82) is 0 Å². The van der Waals surface area contributed by atoms with E-state index in [-0.39, 0.29) is 25.1 Å². The number of aliphatic hydroxyl groups is 2. The van der Waals surface area contributed by atoms with Gasteiger partial charge in [-0.3, -0.25) is 0 Å². The summed E-state index contributed by atoms with van der Waals surface area (Å²) < 4.78 is 16.7. The number of rotatable bonds is 3. The molecule has 4 atom stereocenters. The fourth-order valence-corrected chi connectivity index (χ4v) is 2.11. The maximum Gasteiger partial charge on any atom is 0.187 e. The average Bonchev–Trinajstić information content (AvgIpc) is 2.57. The van der Waals surface area contributed by atoms with E-state index in [4.69, 9.17) is 19.3 Å². The lowest BCUT2D eigenvalue weighted by Crippen LogP contribution is -2.27. The smallest absolute Gasteiger partial charge is 0.187 e. The lowest BCUT2D eigenvalue weighted by molar-refractivity contribution is -0.207. The van der Waals surface area contributed by atoms with Gasteiger partial charge in [0, 0.05) is 12.8 Å². The van der Waals surface area contributed by atoms with E-state index in [0.717, 1.165) is 0 Å². The molecule has 0 bridgehead atoms. The van der Waals surface area contributed by atoms with Gasteiger partial charge in [0.05, 0.1) is 18.8 Å². The zero-order valence-corrected chi connectivity index (χ0v) is 9.05. The quantitative estimate of drug-likeness (QED) is 0.697. The van der Waals surface area contributed by atoms with Gasteiger partial charge in [0.25, 0.3) is 0 Å². The van der Waals surface area contributed by atoms with Gasteiger partial charge in [-0.15, -0.1) is 0 Å². The third kappa shape index (κ3) is 2.49. The summed E-state index contributed by atoms with van der Waals surface area (Å²) in [4.78, 5) is 0. The molecule has 0 saturated carbocycles. The fourth-order valence-electron chi connectivity index (χ4n) is 2.11. The molecule has 0 aromatic carbocycles. The van der Waals surface area contributed by atoms with Gasteiger partial charge in [0.1, 0.15) is 6.10 Å². The summed E-state index contributed by atoms with van der Waals surface area (Å²) in [6.45, 7) is 3.47. The first-order chi connectivity index (χ1) is 7.00. The highest BCUT2D eigenvalue weighted by Crippen LogP contribution is 2.38. The van der Waals surface area contributed by atoms with E-state index in [2.05, 4.69) is 0 Å². The lowest BCUT2D eigenvalue weighted by atomic mass is 10.1. The van der Waals surface area contributed by atoms with Crippen molar-refractivity contribution >= 4 is 0 Å². The van der Waals surface area contributed by atoms with Crippen molar-refractivity contribution in [3.8, 4) is 0 Å². The Morgan fingerprint density at radius 2 is 2.13 bits per heavy atom. The molecule has 0 radical (unpaired) electrons. The monoisotopic (exact) mass is 218 g/mol. The molecule has 0 spiro atoms. The standard InChI is InChI=1S/C10H18O5/c1-10(2)14-8-4-7(3-6(12)5-11)13-9(8)15-10/h6-9,11-12H,3-5H2,1-2H3/t6-,7+,8+,9+/m0/s1. The van der Waals surface area contributed by atoms with Crippen molar-refractivity contribution in [3.63, 3.8) is 0 Å². The Kier molecular flexibility index (Phi) is 3.00. The predicted octanol–water partition coefficient (Wildman–Crippen LogP) is -0.00380. The van der Waals surface area contributed by atoms with E-state index < -0.39 is 11.9 Å². The molecule has 88 valence electrons. The van der Waals surface area contributed by atoms with Crippen LogP contribution in [-0.2, 0) is 14.2 Å². The molecule has 2 saturated heterocycles. The van der Waals surface area contributed by atoms with Crippen molar-refractivity contribution < 1.29 is 24.4 Å². The van der Waals surface area contributed by atoms with Crippen molar-refractivity contribution in [2.75, 3.05) is 6.61 Å². The van der Waals surface area contributed by atoms with E-state index in [1.807, 2.05) is 13.8 Å². The van der Waals surface area contributed by atoms with E-state index in [1.54, 1.807) is 0 Å². The third-order valence-electron chi connectivity index (χ3n) is 2.71. The van der Waals surface area contributed by atoms with Crippen molar-refractivity contribution in [2.45, 2.75) is 57.1 Å². The molecule has 5 nitrogen and oxygen atoms in total. The Morgan fingerprint density at radius 3 is 2.73 bits per heavy atom. The Labute approximate surface area is 88.9 Å². The largest absolute Gasteiger partial charge is 0.394 e. The minimum atomic E-state index is -0.721. The minimum Gasteiger partial charge on any atom is -0.394 e. The SMILES string of the molecule is CC1(C)O[C@H]2O[C@H](C[C@H](O)CO)C[C@H]2O1. The molecule has 2 aliphatic rings. The first-order valence-electron chi connectivity index (χ1n) is 5.30. The van der Waals surface area contributed by atoms with Gasteiger partial charge in [0.2, 0.25) is 0 Å². The van der Waals surface area contributed by atoms with Crippen LogP contribution in [-0.4, -0.2) is 47.2 Å². The summed E-state index contributed by atoms with van der Waals surface area (Å²) in [5, 5.41) is 18.0. The normalized spacial score (nSPS) is 40.4. The first kappa shape index (κ1) is 11.3. The predicted molar refractivity (Wildman–Crippen MR) is 51.0 cm³/mol. The molecule has 0 aliphatic carbocycles. The number of hydrogen-bond donors (Lipinski definition) is 2. The summed E-state index contributed by atoms with van der Waals surface area (Å²) in [7, 11) is 0. The molecule has 0 aromatic heterocycles. The van der Waals surface area contributed by atoms with E-state index >= 15 is 0 Å². The Balaban J connectivity index is 1.83. The maximum absolute atomic E-state index is 9.27. The second-order valence-corrected chi connectivity index (χ2v) is 4.61. The highest BCUT2D eigenvalue weighted by Gasteiger charge is 2.48. The zero-order chi connectivity index (χ0) is 11.1. The first-order valence-corrected chi connectivity index (χ1v) is 5.30. The number of ether oxygens (including phenoxy) is 3. The summed E-state index contributed by atoms with van der Waals surface area (Å²) in [5.74, 6) is -0.574. The van der Waals surface area contributed by atoms with Gasteiger partial charge in [0.15, 0.2) is 12.1 Å². The van der Waals surface area contributed by atoms with Crippen molar-refractivity contribution in [3.05, 3.63) is 0 Å². The highest BCUT2D eigenvalue weighted by molar-refractivity contribution is 4.86. The van der Waals surface area contributed by atoms with Crippen LogP contribution in [0.15, 0.2) is 0 Å². The molecule has 2 N–H and O–H groups in total. The van der Waals surface area contributed by atoms with Crippen LogP contribution in [0.1, 0.15) is 26.7 Å². The van der Waals surface area contributed by atoms with Gasteiger partial charge in [-0.25, -0.2) is 0 Å². The molecule has 2 rings (SSSR count). The van der Waals surface area contributed by atoms with Crippen molar-refractivity contribution in [2.24, 2.45) is 0 Å². The lowest BCUT2D eigenvalue weighted by Gasteiger charge is -2.21. The Bertz CT molecular complexity index is 214. The number of aliphatic hydroxyl groups excluding tert-OH is 2. The van der Waals surface area contributed by atoms with E-state index in [0.29, 0.717) is 12.8 Å². The summed E-state index contributed by atoms with van der Waals surface area (Å²) in [6.07, 6.45) is -0.0335. The van der Waals surface area contributed by atoms with E-state index in [1.165, 1.54) is 0 Å². The minimum absolute atomic E-state index is 0.0455. The van der Waals surface area contributed by atoms with Crippen LogP contribution in [0.3, 0.4) is 0 Å². The summed E-state index contributed by atoms with van der Waals surface area (Å²) in [5.41, 5.74) is 0. The average molecular weight is 218 g/mol. The zero-order valence-electron chi connectivity index (χ0n) is 9.05. The van der Waals surface area contributed by atoms with Gasteiger partial charge in [-0.05, 0) is 13.8 Å². The second-order valence-electron chi connectivity index (χ2n) is 4.61. The maximum atomic E-state index is 9.27. The molecule has 15 heavy (non-hydrogen) atoms. The van der Waals surface area contributed by atoms with Crippen LogP contribution < -0.4 is 0 Å². The molecule has 0 unspecified atom stereocenters. The summed E-state index contributed by atoms with van der Waals surface area (Å²) in [6, 6.07) is 0. The molecule has 0 aromatic rings. The molecular weight excluding hydrogens is 200 g/mol. The van der Waals surface area contributed by atoms with Crippen LogP contribution in [0.4, 0.5) is 0 Å². The molecule has 5 heteroatoms. The van der Waals surface area contributed by atoms with E-state index in [9.17, 15) is 5.11 Å². The molecular formula is C10H18O5. The number of fused-ring (bicyclic) bond motifs is 1. The van der Waals surface area contributed by atoms with Crippen molar-refractivity contribution in [1.82, 2.24) is 0 Å². The molecule has 2 fully saturated rings. The van der Waals surface area contributed by atoms with Crippen LogP contribution in [0.2, 0.25) is 0 Å². The summed E-state index contributed by atoms with van der Waals surface area (Å²) >= 11 is 0. The van der Waals surface area contributed by atoms with Crippen LogP contribution in [0.25, 0.3) is 0 Å². The van der Waals surface area contributed by atoms with Gasteiger partial charge < -0.3 is 24.4 Å². The highest BCUT2D eigenvalue weighted by atomic mass is 16.8. The van der Waals surface area contributed by atoms with Gasteiger partial charge in [-0.2, -0.15) is 0 Å². The molecule has 2 heterocycles.